The van der Waals surface area contributed by atoms with Crippen LogP contribution in [0.4, 0.5) is 13.2 Å². The first-order valence-corrected chi connectivity index (χ1v) is 7.67. The number of halogens is 4. The van der Waals surface area contributed by atoms with Crippen molar-refractivity contribution in [3.8, 4) is 11.5 Å². The molecule has 1 saturated heterocycles. The van der Waals surface area contributed by atoms with Crippen molar-refractivity contribution in [3.63, 3.8) is 0 Å². The van der Waals surface area contributed by atoms with E-state index in [-0.39, 0.29) is 19.5 Å². The van der Waals surface area contributed by atoms with Gasteiger partial charge in [0.2, 0.25) is 11.8 Å². The van der Waals surface area contributed by atoms with E-state index in [4.69, 9.17) is 16.0 Å². The quantitative estimate of drug-likeness (QED) is 0.837. The molecule has 1 fully saturated rings. The van der Waals surface area contributed by atoms with Gasteiger partial charge in [-0.1, -0.05) is 17.7 Å². The van der Waals surface area contributed by atoms with Crippen LogP contribution in [0.2, 0.25) is 5.02 Å². The summed E-state index contributed by atoms with van der Waals surface area (Å²) in [5.74, 6) is -0.666. The van der Waals surface area contributed by atoms with Crippen molar-refractivity contribution >= 4 is 11.6 Å². The minimum Gasteiger partial charge on any atom is -0.419 e. The first kappa shape index (κ1) is 16.3. The molecule has 23 heavy (non-hydrogen) atoms. The Labute approximate surface area is 136 Å². The summed E-state index contributed by atoms with van der Waals surface area (Å²) in [5.41, 5.74) is 0.683. The molecule has 8 heteroatoms. The van der Waals surface area contributed by atoms with E-state index in [1.807, 2.05) is 0 Å². The molecule has 1 aliphatic rings. The van der Waals surface area contributed by atoms with Crippen molar-refractivity contribution in [3.05, 3.63) is 35.2 Å². The Morgan fingerprint density at radius 1 is 1.30 bits per heavy atom. The minimum absolute atomic E-state index is 0.0294. The molecule has 0 bridgehead atoms. The van der Waals surface area contributed by atoms with E-state index in [0.29, 0.717) is 35.3 Å². The van der Waals surface area contributed by atoms with E-state index in [1.54, 1.807) is 29.2 Å². The average Bonchev–Trinajstić information content (AvgIpc) is 2.95. The van der Waals surface area contributed by atoms with Crippen LogP contribution in [0.15, 0.2) is 28.7 Å². The molecule has 0 unspecified atom stereocenters. The maximum absolute atomic E-state index is 12.8. The second-order valence-corrected chi connectivity index (χ2v) is 6.06. The number of alkyl halides is 3. The van der Waals surface area contributed by atoms with Gasteiger partial charge in [-0.15, -0.1) is 10.2 Å². The summed E-state index contributed by atoms with van der Waals surface area (Å²) in [6.45, 7) is 0.792. The number of hydrogen-bond acceptors (Lipinski definition) is 4. The fourth-order valence-corrected chi connectivity index (χ4v) is 2.90. The normalized spacial score (nSPS) is 19.9. The topological polar surface area (TPSA) is 42.2 Å². The molecule has 2 heterocycles. The smallest absolute Gasteiger partial charge is 0.393 e. The Morgan fingerprint density at radius 2 is 2.13 bits per heavy atom. The zero-order chi connectivity index (χ0) is 16.4. The van der Waals surface area contributed by atoms with Gasteiger partial charge in [0.1, 0.15) is 0 Å². The number of nitrogens with zero attached hydrogens (tertiary/aromatic N) is 3. The maximum Gasteiger partial charge on any atom is 0.393 e. The summed E-state index contributed by atoms with van der Waals surface area (Å²) in [4.78, 5) is 1.71. The predicted octanol–water partition coefficient (Wildman–Crippen LogP) is 4.16. The Bertz CT molecular complexity index is 674. The highest BCUT2D eigenvalue weighted by Crippen LogP contribution is 2.33. The Morgan fingerprint density at radius 3 is 2.87 bits per heavy atom. The van der Waals surface area contributed by atoms with Crippen LogP contribution in [0.3, 0.4) is 0 Å². The molecule has 0 saturated carbocycles. The molecule has 0 aliphatic carbocycles. The standard InChI is InChI=1S/C15H15ClF3N3O/c16-12-5-1-3-10(7-12)14-21-20-13(23-14)9-22-6-2-4-11(8-22)15(17,18)19/h1,3,5,7,11H,2,4,6,8-9H2/t11-/m0/s1. The highest BCUT2D eigenvalue weighted by Gasteiger charge is 2.41. The number of hydrogen-bond donors (Lipinski definition) is 0. The molecule has 4 nitrogen and oxygen atoms in total. The molecule has 1 aromatic carbocycles. The summed E-state index contributed by atoms with van der Waals surface area (Å²) in [7, 11) is 0. The van der Waals surface area contributed by atoms with Crippen LogP contribution < -0.4 is 0 Å². The highest BCUT2D eigenvalue weighted by atomic mass is 35.5. The van der Waals surface area contributed by atoms with E-state index in [1.165, 1.54) is 0 Å². The van der Waals surface area contributed by atoms with Gasteiger partial charge in [0, 0.05) is 17.1 Å². The van der Waals surface area contributed by atoms with Gasteiger partial charge in [-0.25, -0.2) is 0 Å². The number of piperidine rings is 1. The Kier molecular flexibility index (Phi) is 4.59. The molecule has 2 aromatic rings. The SMILES string of the molecule is FC(F)(F)[C@H]1CCCN(Cc2nnc(-c3cccc(Cl)c3)o2)C1. The summed E-state index contributed by atoms with van der Waals surface area (Å²) in [6, 6.07) is 6.97. The first-order chi connectivity index (χ1) is 10.9. The second kappa shape index (κ2) is 6.49. The van der Waals surface area contributed by atoms with Crippen LogP contribution in [0.5, 0.6) is 0 Å². The monoisotopic (exact) mass is 345 g/mol. The Balaban J connectivity index is 1.67. The van der Waals surface area contributed by atoms with Gasteiger partial charge in [-0.2, -0.15) is 13.2 Å². The lowest BCUT2D eigenvalue weighted by Gasteiger charge is -2.32. The molecular weight excluding hydrogens is 331 g/mol. The van der Waals surface area contributed by atoms with Gasteiger partial charge in [-0.05, 0) is 37.6 Å². The maximum atomic E-state index is 12.8. The van der Waals surface area contributed by atoms with Gasteiger partial charge in [0.15, 0.2) is 0 Å². The van der Waals surface area contributed by atoms with Crippen molar-refractivity contribution in [2.75, 3.05) is 13.1 Å². The van der Waals surface area contributed by atoms with Crippen molar-refractivity contribution in [1.82, 2.24) is 15.1 Å². The molecule has 1 atom stereocenters. The number of rotatable bonds is 3. The van der Waals surface area contributed by atoms with Crippen LogP contribution >= 0.6 is 11.6 Å². The molecule has 0 spiro atoms. The zero-order valence-electron chi connectivity index (χ0n) is 12.2. The molecular formula is C15H15ClF3N3O. The van der Waals surface area contributed by atoms with Gasteiger partial charge in [-0.3, -0.25) is 4.90 Å². The largest absolute Gasteiger partial charge is 0.419 e. The third kappa shape index (κ3) is 4.03. The highest BCUT2D eigenvalue weighted by molar-refractivity contribution is 6.30. The summed E-state index contributed by atoms with van der Waals surface area (Å²) in [5, 5.41) is 8.41. The summed E-state index contributed by atoms with van der Waals surface area (Å²) in [6.07, 6.45) is -3.46. The lowest BCUT2D eigenvalue weighted by Crippen LogP contribution is -2.41. The second-order valence-electron chi connectivity index (χ2n) is 5.63. The number of benzene rings is 1. The predicted molar refractivity (Wildman–Crippen MR) is 78.8 cm³/mol. The van der Waals surface area contributed by atoms with Crippen LogP contribution in [0.25, 0.3) is 11.5 Å². The third-order valence-corrected chi connectivity index (χ3v) is 4.10. The molecule has 3 rings (SSSR count). The van der Waals surface area contributed by atoms with Crippen molar-refractivity contribution in [2.45, 2.75) is 25.6 Å². The van der Waals surface area contributed by atoms with E-state index in [2.05, 4.69) is 10.2 Å². The van der Waals surface area contributed by atoms with Crippen LogP contribution in [-0.2, 0) is 6.54 Å². The van der Waals surface area contributed by atoms with E-state index >= 15 is 0 Å². The first-order valence-electron chi connectivity index (χ1n) is 7.29. The van der Waals surface area contributed by atoms with Gasteiger partial charge in [0.25, 0.3) is 0 Å². The van der Waals surface area contributed by atoms with Crippen molar-refractivity contribution in [2.24, 2.45) is 5.92 Å². The van der Waals surface area contributed by atoms with Crippen LogP contribution in [-0.4, -0.2) is 34.4 Å². The lowest BCUT2D eigenvalue weighted by atomic mass is 9.97. The number of likely N-dealkylation sites (tertiary alicyclic amines) is 1. The molecule has 0 radical (unpaired) electrons. The fourth-order valence-electron chi connectivity index (χ4n) is 2.71. The van der Waals surface area contributed by atoms with E-state index in [9.17, 15) is 13.2 Å². The number of aromatic nitrogens is 2. The minimum atomic E-state index is -4.15. The van der Waals surface area contributed by atoms with E-state index < -0.39 is 12.1 Å². The third-order valence-electron chi connectivity index (χ3n) is 3.87. The molecule has 1 aromatic heterocycles. The molecule has 0 N–H and O–H groups in total. The van der Waals surface area contributed by atoms with Crippen LogP contribution in [0, 0.1) is 5.92 Å². The molecule has 124 valence electrons. The van der Waals surface area contributed by atoms with Crippen molar-refractivity contribution < 1.29 is 17.6 Å². The summed E-state index contributed by atoms with van der Waals surface area (Å²) < 4.78 is 44.0. The van der Waals surface area contributed by atoms with E-state index in [0.717, 1.165) is 0 Å². The van der Waals surface area contributed by atoms with Gasteiger partial charge in [0.05, 0.1) is 12.5 Å². The average molecular weight is 346 g/mol. The summed E-state index contributed by atoms with van der Waals surface area (Å²) >= 11 is 5.91. The Hall–Kier alpha value is -1.60. The van der Waals surface area contributed by atoms with Gasteiger partial charge >= 0.3 is 6.18 Å². The van der Waals surface area contributed by atoms with Crippen LogP contribution in [0.1, 0.15) is 18.7 Å². The van der Waals surface area contributed by atoms with Gasteiger partial charge < -0.3 is 4.42 Å². The lowest BCUT2D eigenvalue weighted by molar-refractivity contribution is -0.187. The fraction of sp³-hybridized carbons (Fsp3) is 0.467. The molecule has 0 amide bonds. The van der Waals surface area contributed by atoms with Crippen molar-refractivity contribution in [1.29, 1.82) is 0 Å². The zero-order valence-corrected chi connectivity index (χ0v) is 12.9. The molecule has 1 aliphatic heterocycles.